The summed E-state index contributed by atoms with van der Waals surface area (Å²) in [6.07, 6.45) is -0.117. The number of hydrogen-bond donors (Lipinski definition) is 2. The van der Waals surface area contributed by atoms with Crippen LogP contribution in [-0.4, -0.2) is 34.6 Å². The van der Waals surface area contributed by atoms with E-state index in [1.165, 1.54) is 23.1 Å². The van der Waals surface area contributed by atoms with Crippen LogP contribution in [0.2, 0.25) is 0 Å². The van der Waals surface area contributed by atoms with E-state index in [0.29, 0.717) is 11.3 Å². The second kappa shape index (κ2) is 6.88. The van der Waals surface area contributed by atoms with E-state index >= 15 is 0 Å². The molecule has 0 unspecified atom stereocenters. The van der Waals surface area contributed by atoms with Crippen LogP contribution in [0.4, 0.5) is 14.9 Å². The predicted molar refractivity (Wildman–Crippen MR) is 74.3 cm³/mol. The van der Waals surface area contributed by atoms with Crippen molar-refractivity contribution in [1.82, 2.24) is 4.90 Å². The fraction of sp³-hybridized carbons (Fsp3) is 0.429. The van der Waals surface area contributed by atoms with E-state index in [0.717, 1.165) is 0 Å². The Morgan fingerprint density at radius 1 is 1.40 bits per heavy atom. The lowest BCUT2D eigenvalue weighted by molar-refractivity contribution is -0.137. The zero-order valence-electron chi connectivity index (χ0n) is 11.8. The number of carboxylic acids is 1. The van der Waals surface area contributed by atoms with E-state index in [1.807, 2.05) is 0 Å². The summed E-state index contributed by atoms with van der Waals surface area (Å²) in [7, 11) is 0. The molecular weight excluding hydrogens is 263 g/mol. The van der Waals surface area contributed by atoms with Crippen LogP contribution in [0, 0.1) is 12.7 Å². The minimum Gasteiger partial charge on any atom is -0.481 e. The van der Waals surface area contributed by atoms with Crippen molar-refractivity contribution in [3.63, 3.8) is 0 Å². The van der Waals surface area contributed by atoms with E-state index < -0.39 is 12.0 Å². The van der Waals surface area contributed by atoms with Gasteiger partial charge in [-0.2, -0.15) is 0 Å². The van der Waals surface area contributed by atoms with Crippen LogP contribution in [0.1, 0.15) is 25.8 Å². The van der Waals surface area contributed by atoms with Crippen molar-refractivity contribution in [3.8, 4) is 0 Å². The minimum absolute atomic E-state index is 0.117. The maximum atomic E-state index is 13.1. The summed E-state index contributed by atoms with van der Waals surface area (Å²) >= 11 is 0. The molecule has 0 aromatic heterocycles. The van der Waals surface area contributed by atoms with Crippen LogP contribution in [0.15, 0.2) is 18.2 Å². The molecule has 1 aromatic rings. The predicted octanol–water partition coefficient (Wildman–Crippen LogP) is 2.85. The van der Waals surface area contributed by atoms with E-state index in [1.54, 1.807) is 20.8 Å². The maximum absolute atomic E-state index is 13.1. The quantitative estimate of drug-likeness (QED) is 0.872. The number of carboxylic acid groups (broad SMARTS) is 1. The molecule has 0 bridgehead atoms. The lowest BCUT2D eigenvalue weighted by Gasteiger charge is -2.26. The van der Waals surface area contributed by atoms with Gasteiger partial charge in [0.1, 0.15) is 5.82 Å². The average molecular weight is 282 g/mol. The van der Waals surface area contributed by atoms with Gasteiger partial charge < -0.3 is 15.3 Å². The Hall–Kier alpha value is -2.11. The number of anilines is 1. The third-order valence-electron chi connectivity index (χ3n) is 2.86. The number of aryl methyl sites for hydroxylation is 1. The van der Waals surface area contributed by atoms with Gasteiger partial charge in [0.2, 0.25) is 0 Å². The maximum Gasteiger partial charge on any atom is 0.322 e. The lowest BCUT2D eigenvalue weighted by Crippen LogP contribution is -2.41. The molecule has 1 aromatic carbocycles. The average Bonchev–Trinajstić information content (AvgIpc) is 2.33. The molecular formula is C14H19FN2O3. The Labute approximate surface area is 117 Å². The van der Waals surface area contributed by atoms with Crippen molar-refractivity contribution in [1.29, 1.82) is 0 Å². The second-order valence-corrected chi connectivity index (χ2v) is 4.82. The second-order valence-electron chi connectivity index (χ2n) is 4.82. The summed E-state index contributed by atoms with van der Waals surface area (Å²) < 4.78 is 13.1. The number of nitrogens with zero attached hydrogens (tertiary/aromatic N) is 1. The molecule has 0 spiro atoms. The topological polar surface area (TPSA) is 69.6 Å². The number of carbonyl (C=O) groups excluding carboxylic acids is 1. The van der Waals surface area contributed by atoms with E-state index in [9.17, 15) is 14.0 Å². The third-order valence-corrected chi connectivity index (χ3v) is 2.86. The molecule has 0 saturated heterocycles. The molecule has 1 rings (SSSR count). The minimum atomic E-state index is -0.957. The fourth-order valence-corrected chi connectivity index (χ4v) is 1.73. The molecule has 6 heteroatoms. The molecule has 2 amide bonds. The highest BCUT2D eigenvalue weighted by atomic mass is 19.1. The zero-order valence-corrected chi connectivity index (χ0v) is 11.8. The normalized spacial score (nSPS) is 10.4. The Bertz CT molecular complexity index is 503. The van der Waals surface area contributed by atoms with Crippen molar-refractivity contribution in [2.45, 2.75) is 33.2 Å². The molecule has 0 heterocycles. The molecule has 0 radical (unpaired) electrons. The number of nitrogens with one attached hydrogen (secondary N) is 1. The number of carbonyl (C=O) groups is 2. The SMILES string of the molecule is Cc1cc(NC(=O)N(CCC(=O)O)C(C)C)ccc1F. The summed E-state index contributed by atoms with van der Waals surface area (Å²) in [6, 6.07) is 3.75. The monoisotopic (exact) mass is 282 g/mol. The zero-order chi connectivity index (χ0) is 15.3. The number of rotatable bonds is 5. The van der Waals surface area contributed by atoms with Crippen LogP contribution < -0.4 is 5.32 Å². The van der Waals surface area contributed by atoms with Crippen molar-refractivity contribution >= 4 is 17.7 Å². The summed E-state index contributed by atoms with van der Waals surface area (Å²) in [6.45, 7) is 5.34. The van der Waals surface area contributed by atoms with Crippen molar-refractivity contribution < 1.29 is 19.1 Å². The first-order chi connectivity index (χ1) is 9.31. The molecule has 0 aliphatic heterocycles. The Morgan fingerprint density at radius 2 is 2.05 bits per heavy atom. The molecule has 5 nitrogen and oxygen atoms in total. The van der Waals surface area contributed by atoms with Gasteiger partial charge in [-0.3, -0.25) is 4.79 Å². The highest BCUT2D eigenvalue weighted by molar-refractivity contribution is 5.89. The molecule has 2 N–H and O–H groups in total. The number of urea groups is 1. The van der Waals surface area contributed by atoms with Crippen LogP contribution >= 0.6 is 0 Å². The Kier molecular flexibility index (Phi) is 5.49. The standard InChI is InChI=1S/C14H19FN2O3/c1-9(2)17(7-6-13(18)19)14(20)16-11-4-5-12(15)10(3)8-11/h4-5,8-9H,6-7H2,1-3H3,(H,16,20)(H,18,19). The van der Waals surface area contributed by atoms with Crippen molar-refractivity contribution in [3.05, 3.63) is 29.6 Å². The van der Waals surface area contributed by atoms with Crippen LogP contribution in [0.3, 0.4) is 0 Å². The van der Waals surface area contributed by atoms with E-state index in [-0.39, 0.29) is 24.8 Å². The summed E-state index contributed by atoms with van der Waals surface area (Å²) in [5, 5.41) is 11.3. The van der Waals surface area contributed by atoms with E-state index in [2.05, 4.69) is 5.32 Å². The first kappa shape index (κ1) is 15.9. The van der Waals surface area contributed by atoms with Gasteiger partial charge in [0, 0.05) is 18.3 Å². The van der Waals surface area contributed by atoms with Gasteiger partial charge in [-0.1, -0.05) is 0 Å². The molecule has 0 saturated carbocycles. The number of benzene rings is 1. The first-order valence-corrected chi connectivity index (χ1v) is 6.37. The van der Waals surface area contributed by atoms with Gasteiger partial charge in [-0.25, -0.2) is 9.18 Å². The fourth-order valence-electron chi connectivity index (χ4n) is 1.73. The van der Waals surface area contributed by atoms with Gasteiger partial charge in [-0.05, 0) is 44.5 Å². The van der Waals surface area contributed by atoms with Crippen LogP contribution in [0.25, 0.3) is 0 Å². The van der Waals surface area contributed by atoms with E-state index in [4.69, 9.17) is 5.11 Å². The number of halogens is 1. The highest BCUT2D eigenvalue weighted by Gasteiger charge is 2.18. The van der Waals surface area contributed by atoms with Crippen molar-refractivity contribution in [2.24, 2.45) is 0 Å². The molecule has 0 aliphatic carbocycles. The third kappa shape index (κ3) is 4.53. The van der Waals surface area contributed by atoms with Crippen LogP contribution in [0.5, 0.6) is 0 Å². The Balaban J connectivity index is 2.74. The Morgan fingerprint density at radius 3 is 2.55 bits per heavy atom. The van der Waals surface area contributed by atoms with Gasteiger partial charge in [0.05, 0.1) is 6.42 Å². The molecule has 0 fully saturated rings. The van der Waals surface area contributed by atoms with Crippen LogP contribution in [-0.2, 0) is 4.79 Å². The van der Waals surface area contributed by atoms with Gasteiger partial charge in [0.25, 0.3) is 0 Å². The summed E-state index contributed by atoms with van der Waals surface area (Å²) in [5.41, 5.74) is 0.916. The van der Waals surface area contributed by atoms with Gasteiger partial charge in [0.15, 0.2) is 0 Å². The summed E-state index contributed by atoms with van der Waals surface area (Å²) in [4.78, 5) is 24.1. The number of amides is 2. The molecule has 110 valence electrons. The molecule has 20 heavy (non-hydrogen) atoms. The number of hydrogen-bond acceptors (Lipinski definition) is 2. The van der Waals surface area contributed by atoms with Crippen molar-refractivity contribution in [2.75, 3.05) is 11.9 Å². The smallest absolute Gasteiger partial charge is 0.322 e. The highest BCUT2D eigenvalue weighted by Crippen LogP contribution is 2.15. The number of aliphatic carboxylic acids is 1. The van der Waals surface area contributed by atoms with Gasteiger partial charge in [-0.15, -0.1) is 0 Å². The van der Waals surface area contributed by atoms with Gasteiger partial charge >= 0.3 is 12.0 Å². The largest absolute Gasteiger partial charge is 0.481 e. The lowest BCUT2D eigenvalue weighted by atomic mass is 10.2. The molecule has 0 aliphatic rings. The first-order valence-electron chi connectivity index (χ1n) is 6.37. The summed E-state index contributed by atoms with van der Waals surface area (Å²) in [5.74, 6) is -1.30. The molecule has 0 atom stereocenters.